The van der Waals surface area contributed by atoms with Crippen molar-refractivity contribution < 1.29 is 19.4 Å². The van der Waals surface area contributed by atoms with Gasteiger partial charge in [0.2, 0.25) is 0 Å². The number of carbonyl (C=O) groups excluding carboxylic acids is 1. The first kappa shape index (κ1) is 16.5. The maximum Gasteiger partial charge on any atom is 0.410 e. The van der Waals surface area contributed by atoms with Crippen LogP contribution in [0.15, 0.2) is 46.3 Å². The lowest BCUT2D eigenvalue weighted by atomic mass is 10.2. The highest BCUT2D eigenvalue weighted by Crippen LogP contribution is 2.30. The Morgan fingerprint density at radius 2 is 1.95 bits per heavy atom. The van der Waals surface area contributed by atoms with Crippen LogP contribution in [0.25, 0.3) is 0 Å². The number of carbonyl (C=O) groups is 2. The van der Waals surface area contributed by atoms with E-state index in [0.29, 0.717) is 4.88 Å². The van der Waals surface area contributed by atoms with Gasteiger partial charge >= 0.3 is 12.1 Å². The van der Waals surface area contributed by atoms with Crippen LogP contribution in [-0.2, 0) is 16.1 Å². The van der Waals surface area contributed by atoms with Gasteiger partial charge < -0.3 is 9.84 Å². The Labute approximate surface area is 140 Å². The molecule has 0 saturated carbocycles. The van der Waals surface area contributed by atoms with E-state index in [2.05, 4.69) is 15.9 Å². The van der Waals surface area contributed by atoms with Crippen molar-refractivity contribution in [3.05, 3.63) is 56.7 Å². The van der Waals surface area contributed by atoms with Crippen LogP contribution in [0, 0.1) is 0 Å². The van der Waals surface area contributed by atoms with E-state index in [1.807, 2.05) is 30.3 Å². The number of amides is 1. The zero-order chi connectivity index (χ0) is 16.1. The van der Waals surface area contributed by atoms with Crippen LogP contribution in [0.4, 0.5) is 4.79 Å². The summed E-state index contributed by atoms with van der Waals surface area (Å²) in [5, 5.41) is 9.38. The van der Waals surface area contributed by atoms with Crippen molar-refractivity contribution in [2.45, 2.75) is 12.6 Å². The number of rotatable bonds is 5. The van der Waals surface area contributed by atoms with Crippen LogP contribution in [0.3, 0.4) is 0 Å². The summed E-state index contributed by atoms with van der Waals surface area (Å²) in [6.45, 7) is 0.102. The van der Waals surface area contributed by atoms with E-state index in [0.717, 1.165) is 14.2 Å². The minimum Gasteiger partial charge on any atom is -0.479 e. The molecule has 0 aliphatic carbocycles. The third-order valence-electron chi connectivity index (χ3n) is 2.98. The molecule has 0 aliphatic heterocycles. The van der Waals surface area contributed by atoms with Gasteiger partial charge in [-0.25, -0.2) is 9.59 Å². The highest BCUT2D eigenvalue weighted by atomic mass is 79.9. The number of thiophene rings is 1. The van der Waals surface area contributed by atoms with Gasteiger partial charge in [0, 0.05) is 11.9 Å². The molecule has 5 nitrogen and oxygen atoms in total. The summed E-state index contributed by atoms with van der Waals surface area (Å²) < 4.78 is 5.97. The maximum absolute atomic E-state index is 12.1. The van der Waals surface area contributed by atoms with Gasteiger partial charge in [-0.15, -0.1) is 11.3 Å². The van der Waals surface area contributed by atoms with Gasteiger partial charge in [0.15, 0.2) is 6.04 Å². The SMILES string of the molecule is CN(C(=O)OCc1ccccc1)C(C(=O)O)c1ccc(Br)s1. The molecule has 1 aromatic heterocycles. The molecular formula is C15H14BrNO4S. The molecule has 0 fully saturated rings. The van der Waals surface area contributed by atoms with Crippen LogP contribution in [0.5, 0.6) is 0 Å². The molecule has 1 atom stereocenters. The Bertz CT molecular complexity index is 659. The molecule has 0 aliphatic rings. The maximum atomic E-state index is 12.1. The van der Waals surface area contributed by atoms with Crippen molar-refractivity contribution in [3.8, 4) is 0 Å². The van der Waals surface area contributed by atoms with Gasteiger partial charge in [0.25, 0.3) is 0 Å². The second kappa shape index (κ2) is 7.42. The predicted molar refractivity (Wildman–Crippen MR) is 86.8 cm³/mol. The van der Waals surface area contributed by atoms with E-state index in [9.17, 15) is 14.7 Å². The molecule has 0 spiro atoms. The predicted octanol–water partition coefficient (Wildman–Crippen LogP) is 3.90. The number of nitrogens with zero attached hydrogens (tertiary/aromatic N) is 1. The average molecular weight is 384 g/mol. The van der Waals surface area contributed by atoms with Crippen molar-refractivity contribution in [1.29, 1.82) is 0 Å². The first-order valence-electron chi connectivity index (χ1n) is 6.40. The molecule has 0 radical (unpaired) electrons. The van der Waals surface area contributed by atoms with Gasteiger partial charge in [0.05, 0.1) is 3.79 Å². The molecule has 0 saturated heterocycles. The zero-order valence-electron chi connectivity index (χ0n) is 11.7. The van der Waals surface area contributed by atoms with Crippen LogP contribution in [-0.4, -0.2) is 29.1 Å². The van der Waals surface area contributed by atoms with Crippen molar-refractivity contribution >= 4 is 39.3 Å². The van der Waals surface area contributed by atoms with Crippen LogP contribution >= 0.6 is 27.3 Å². The Morgan fingerprint density at radius 3 is 2.50 bits per heavy atom. The van der Waals surface area contributed by atoms with Crippen molar-refractivity contribution in [2.24, 2.45) is 0 Å². The molecule has 1 aromatic carbocycles. The van der Waals surface area contributed by atoms with E-state index in [4.69, 9.17) is 4.74 Å². The topological polar surface area (TPSA) is 66.8 Å². The smallest absolute Gasteiger partial charge is 0.410 e. The summed E-state index contributed by atoms with van der Waals surface area (Å²) in [5.74, 6) is -1.10. The van der Waals surface area contributed by atoms with Crippen LogP contribution in [0.1, 0.15) is 16.5 Å². The summed E-state index contributed by atoms with van der Waals surface area (Å²) in [7, 11) is 1.42. The molecule has 1 amide bonds. The van der Waals surface area contributed by atoms with E-state index >= 15 is 0 Å². The number of carboxylic acids is 1. The zero-order valence-corrected chi connectivity index (χ0v) is 14.1. The third kappa shape index (κ3) is 4.08. The number of benzene rings is 1. The Kier molecular flexibility index (Phi) is 5.57. The first-order chi connectivity index (χ1) is 10.5. The summed E-state index contributed by atoms with van der Waals surface area (Å²) in [6, 6.07) is 11.6. The van der Waals surface area contributed by atoms with E-state index in [1.54, 1.807) is 12.1 Å². The molecule has 0 bridgehead atoms. The van der Waals surface area contributed by atoms with Gasteiger partial charge in [-0.2, -0.15) is 0 Å². The normalized spacial score (nSPS) is 11.7. The molecule has 2 aromatic rings. The molecule has 1 N–H and O–H groups in total. The number of hydrogen-bond donors (Lipinski definition) is 1. The number of halogens is 1. The first-order valence-corrected chi connectivity index (χ1v) is 8.01. The molecule has 1 heterocycles. The number of aliphatic carboxylic acids is 1. The number of carboxylic acid groups (broad SMARTS) is 1. The summed E-state index contributed by atoms with van der Waals surface area (Å²) >= 11 is 4.56. The van der Waals surface area contributed by atoms with Gasteiger partial charge in [-0.1, -0.05) is 30.3 Å². The molecule has 2 rings (SSSR count). The molecule has 1 unspecified atom stereocenters. The van der Waals surface area contributed by atoms with E-state index < -0.39 is 18.1 Å². The lowest BCUT2D eigenvalue weighted by Gasteiger charge is -2.23. The second-order valence-corrected chi connectivity index (χ2v) is 7.03. The lowest BCUT2D eigenvalue weighted by molar-refractivity contribution is -0.142. The lowest BCUT2D eigenvalue weighted by Crippen LogP contribution is -2.35. The monoisotopic (exact) mass is 383 g/mol. The fraction of sp³-hybridized carbons (Fsp3) is 0.200. The number of ether oxygens (including phenoxy) is 1. The van der Waals surface area contributed by atoms with Gasteiger partial charge in [-0.05, 0) is 33.6 Å². The minimum atomic E-state index is -1.10. The fourth-order valence-corrected chi connectivity index (χ4v) is 3.44. The fourth-order valence-electron chi connectivity index (χ4n) is 1.88. The molecular weight excluding hydrogens is 370 g/mol. The largest absolute Gasteiger partial charge is 0.479 e. The Morgan fingerprint density at radius 1 is 1.27 bits per heavy atom. The van der Waals surface area contributed by atoms with Crippen molar-refractivity contribution in [3.63, 3.8) is 0 Å². The van der Waals surface area contributed by atoms with E-state index in [1.165, 1.54) is 18.4 Å². The summed E-state index contributed by atoms with van der Waals surface area (Å²) in [5.41, 5.74) is 0.843. The minimum absolute atomic E-state index is 0.102. The number of likely N-dealkylation sites (N-methyl/N-ethyl adjacent to an activating group) is 1. The quantitative estimate of drug-likeness (QED) is 0.849. The van der Waals surface area contributed by atoms with Crippen molar-refractivity contribution in [2.75, 3.05) is 7.05 Å². The second-order valence-electron chi connectivity index (χ2n) is 4.53. The number of hydrogen-bond acceptors (Lipinski definition) is 4. The van der Waals surface area contributed by atoms with Gasteiger partial charge in [0.1, 0.15) is 6.61 Å². The van der Waals surface area contributed by atoms with Crippen LogP contribution < -0.4 is 0 Å². The third-order valence-corrected chi connectivity index (χ3v) is 4.65. The van der Waals surface area contributed by atoms with Crippen LogP contribution in [0.2, 0.25) is 0 Å². The standard InChI is InChI=1S/C15H14BrNO4S/c1-17(13(14(18)19)11-7-8-12(16)22-11)15(20)21-9-10-5-3-2-4-6-10/h2-8,13H,9H2,1H3,(H,18,19). The highest BCUT2D eigenvalue weighted by Gasteiger charge is 2.30. The highest BCUT2D eigenvalue weighted by molar-refractivity contribution is 9.11. The van der Waals surface area contributed by atoms with Gasteiger partial charge in [-0.3, -0.25) is 4.90 Å². The molecule has 22 heavy (non-hydrogen) atoms. The summed E-state index contributed by atoms with van der Waals surface area (Å²) in [6.07, 6.45) is -0.680. The summed E-state index contributed by atoms with van der Waals surface area (Å²) in [4.78, 5) is 25.2. The van der Waals surface area contributed by atoms with Crippen molar-refractivity contribution in [1.82, 2.24) is 4.90 Å². The average Bonchev–Trinajstić information content (AvgIpc) is 2.91. The molecule has 7 heteroatoms. The van der Waals surface area contributed by atoms with E-state index in [-0.39, 0.29) is 6.61 Å². The Hall–Kier alpha value is -1.86. The molecule has 116 valence electrons. The Balaban J connectivity index is 2.05.